The van der Waals surface area contributed by atoms with E-state index in [4.69, 9.17) is 15.0 Å². The molecule has 0 aliphatic heterocycles. The molecular weight excluding hydrogens is 84.0 g/mol. The molecule has 0 unspecified atom stereocenters. The van der Waals surface area contributed by atoms with Crippen molar-refractivity contribution < 1.29 is 15.0 Å². The first-order valence-corrected chi connectivity index (χ1v) is 1.15. The van der Waals surface area contributed by atoms with Crippen LogP contribution in [-0.2, 0) is 0 Å². The van der Waals surface area contributed by atoms with Gasteiger partial charge in [-0.15, -0.1) is 13.2 Å². The molecule has 0 atom stereocenters. The molecule has 0 amide bonds. The molecule has 0 aromatic rings. The van der Waals surface area contributed by atoms with E-state index < -0.39 is 6.16 Å². The minimum absolute atomic E-state index is 1.83. The maximum atomic E-state index is 8.56. The van der Waals surface area contributed by atoms with Gasteiger partial charge in [0.25, 0.3) is 0 Å². The van der Waals surface area contributed by atoms with Gasteiger partial charge >= 0.3 is 6.16 Å². The van der Waals surface area contributed by atoms with E-state index in [-0.39, 0.29) is 0 Å². The summed E-state index contributed by atoms with van der Waals surface area (Å²) < 4.78 is 0. The highest BCUT2D eigenvalue weighted by Crippen LogP contribution is 1.42. The number of carbonyl (C=O) groups is 1. The van der Waals surface area contributed by atoms with Crippen LogP contribution in [-0.4, -0.2) is 16.4 Å². The zero-order chi connectivity index (χ0) is 5.58. The average molecular weight is 90.1 g/mol. The second-order valence-electron chi connectivity index (χ2n) is 0.283. The number of hydrogen-bond acceptors (Lipinski definition) is 1. The Bertz CT molecular complexity index is 37.3. The Morgan fingerprint density at radius 1 is 1.33 bits per heavy atom. The zero-order valence-electron chi connectivity index (χ0n) is 3.22. The molecule has 0 fully saturated rings. The van der Waals surface area contributed by atoms with E-state index in [0.29, 0.717) is 0 Å². The summed E-state index contributed by atoms with van der Waals surface area (Å²) in [6.45, 7) is 6.00. The Morgan fingerprint density at radius 3 is 1.33 bits per heavy atom. The highest BCUT2D eigenvalue weighted by atomic mass is 16.6. The van der Waals surface area contributed by atoms with E-state index in [1.54, 1.807) is 0 Å². The van der Waals surface area contributed by atoms with E-state index in [0.717, 1.165) is 0 Å². The van der Waals surface area contributed by atoms with Gasteiger partial charge in [0.1, 0.15) is 0 Å². The first kappa shape index (κ1) is 8.89. The van der Waals surface area contributed by atoms with Crippen molar-refractivity contribution in [3.05, 3.63) is 13.2 Å². The van der Waals surface area contributed by atoms with Crippen molar-refractivity contribution in [2.75, 3.05) is 0 Å². The smallest absolute Gasteiger partial charge is 0.450 e. The van der Waals surface area contributed by atoms with E-state index >= 15 is 0 Å². The van der Waals surface area contributed by atoms with Crippen LogP contribution >= 0.6 is 0 Å². The molecule has 2 N–H and O–H groups in total. The lowest BCUT2D eigenvalue weighted by Crippen LogP contribution is -1.81. The van der Waals surface area contributed by atoms with Crippen molar-refractivity contribution in [2.45, 2.75) is 0 Å². The maximum Gasteiger partial charge on any atom is 0.503 e. The maximum absolute atomic E-state index is 8.56. The van der Waals surface area contributed by atoms with Crippen LogP contribution in [0.1, 0.15) is 0 Å². The third-order valence-corrected chi connectivity index (χ3v) is 0. The Hall–Kier alpha value is -0.990. The highest BCUT2D eigenvalue weighted by molar-refractivity contribution is 5.53. The highest BCUT2D eigenvalue weighted by Gasteiger charge is 1.70. The number of carboxylic acid groups (broad SMARTS) is 2. The molecule has 36 valence electrons. The Kier molecular flexibility index (Phi) is 13.3. The van der Waals surface area contributed by atoms with Crippen molar-refractivity contribution in [3.8, 4) is 0 Å². The number of rotatable bonds is 0. The standard InChI is InChI=1S/C2H4.CH2O3/c1-2;2-1(3)4/h1-2H2;(H2,2,3,4). The minimum Gasteiger partial charge on any atom is -0.450 e. The van der Waals surface area contributed by atoms with E-state index in [1.807, 2.05) is 0 Å². The summed E-state index contributed by atoms with van der Waals surface area (Å²) in [5.74, 6) is 0. The number of hydrogen-bond donors (Lipinski definition) is 2. The SMILES string of the molecule is C=C.O=C(O)O. The topological polar surface area (TPSA) is 57.5 Å². The van der Waals surface area contributed by atoms with Crippen LogP contribution in [0.15, 0.2) is 13.2 Å². The van der Waals surface area contributed by atoms with Gasteiger partial charge in [-0.25, -0.2) is 4.79 Å². The summed E-state index contributed by atoms with van der Waals surface area (Å²) >= 11 is 0. The predicted octanol–water partition coefficient (Wildman–Crippen LogP) is 1.02. The van der Waals surface area contributed by atoms with Crippen LogP contribution in [0.3, 0.4) is 0 Å². The molecule has 0 bridgehead atoms. The molecule has 6 heavy (non-hydrogen) atoms. The third kappa shape index (κ3) is 12.4. The van der Waals surface area contributed by atoms with Gasteiger partial charge in [-0.1, -0.05) is 0 Å². The molecule has 0 aliphatic carbocycles. The van der Waals surface area contributed by atoms with Crippen molar-refractivity contribution >= 4 is 6.16 Å². The summed E-state index contributed by atoms with van der Waals surface area (Å²) in [5.41, 5.74) is 0. The van der Waals surface area contributed by atoms with Crippen LogP contribution in [0, 0.1) is 0 Å². The summed E-state index contributed by atoms with van der Waals surface area (Å²) in [6, 6.07) is 0. The fourth-order valence-corrected chi connectivity index (χ4v) is 0. The van der Waals surface area contributed by atoms with Crippen LogP contribution in [0.5, 0.6) is 0 Å². The van der Waals surface area contributed by atoms with Gasteiger partial charge < -0.3 is 10.2 Å². The van der Waals surface area contributed by atoms with Crippen LogP contribution < -0.4 is 0 Å². The van der Waals surface area contributed by atoms with E-state index in [9.17, 15) is 0 Å². The van der Waals surface area contributed by atoms with E-state index in [2.05, 4.69) is 13.2 Å². The second kappa shape index (κ2) is 8.99. The van der Waals surface area contributed by atoms with Gasteiger partial charge in [-0.3, -0.25) is 0 Å². The fourth-order valence-electron chi connectivity index (χ4n) is 0. The van der Waals surface area contributed by atoms with Crippen molar-refractivity contribution in [3.63, 3.8) is 0 Å². The molecule has 0 spiro atoms. The lowest BCUT2D eigenvalue weighted by Gasteiger charge is -1.60. The Labute approximate surface area is 35.5 Å². The summed E-state index contributed by atoms with van der Waals surface area (Å²) in [5, 5.41) is 13.9. The molecule has 0 heterocycles. The van der Waals surface area contributed by atoms with Gasteiger partial charge in [0.2, 0.25) is 0 Å². The summed E-state index contributed by atoms with van der Waals surface area (Å²) in [4.78, 5) is 8.56. The molecule has 0 saturated carbocycles. The molecule has 0 aliphatic rings. The fraction of sp³-hybridized carbons (Fsp3) is 0. The van der Waals surface area contributed by atoms with E-state index in [1.165, 1.54) is 0 Å². The van der Waals surface area contributed by atoms with Crippen molar-refractivity contribution in [1.82, 2.24) is 0 Å². The van der Waals surface area contributed by atoms with Crippen LogP contribution in [0.4, 0.5) is 4.79 Å². The summed E-state index contributed by atoms with van der Waals surface area (Å²) in [7, 11) is 0. The largest absolute Gasteiger partial charge is 0.503 e. The summed E-state index contributed by atoms with van der Waals surface area (Å²) in [6.07, 6.45) is -1.83. The zero-order valence-corrected chi connectivity index (χ0v) is 3.22. The van der Waals surface area contributed by atoms with Gasteiger partial charge in [-0.05, 0) is 0 Å². The molecule has 3 nitrogen and oxygen atoms in total. The predicted molar refractivity (Wildman–Crippen MR) is 21.9 cm³/mol. The monoisotopic (exact) mass is 90.0 g/mol. The molecular formula is C3H6O3. The molecule has 0 aromatic heterocycles. The van der Waals surface area contributed by atoms with Gasteiger partial charge in [-0.2, -0.15) is 0 Å². The van der Waals surface area contributed by atoms with Crippen molar-refractivity contribution in [2.24, 2.45) is 0 Å². The molecule has 3 heteroatoms. The quantitative estimate of drug-likeness (QED) is 0.436. The van der Waals surface area contributed by atoms with Crippen LogP contribution in [0.2, 0.25) is 0 Å². The lowest BCUT2D eigenvalue weighted by molar-refractivity contribution is 0.137. The third-order valence-electron chi connectivity index (χ3n) is 0. The minimum atomic E-state index is -1.83. The van der Waals surface area contributed by atoms with Crippen molar-refractivity contribution in [1.29, 1.82) is 0 Å². The van der Waals surface area contributed by atoms with Gasteiger partial charge in [0, 0.05) is 0 Å². The van der Waals surface area contributed by atoms with Crippen LogP contribution in [0.25, 0.3) is 0 Å². The molecule has 0 rings (SSSR count). The lowest BCUT2D eigenvalue weighted by atomic mass is 11.3. The molecule has 0 saturated heterocycles. The normalized spacial score (nSPS) is 4.67. The Balaban J connectivity index is 0. The van der Waals surface area contributed by atoms with Gasteiger partial charge in [0.05, 0.1) is 0 Å². The second-order valence-corrected chi connectivity index (χ2v) is 0.283. The Morgan fingerprint density at radius 2 is 1.33 bits per heavy atom. The molecule has 0 aromatic carbocycles. The first-order valence-electron chi connectivity index (χ1n) is 1.15. The molecule has 0 radical (unpaired) electrons. The first-order chi connectivity index (χ1) is 2.73. The average Bonchev–Trinajstić information content (AvgIpc) is 1.41. The van der Waals surface area contributed by atoms with Gasteiger partial charge in [0.15, 0.2) is 0 Å².